The molecule has 0 amide bonds. The molecule has 0 aliphatic heterocycles. The minimum atomic E-state index is -2.94. The fraction of sp³-hybridized carbons (Fsp3) is 1.00. The molecule has 126 valence electrons. The first kappa shape index (κ1) is 18.9. The second-order valence-electron chi connectivity index (χ2n) is 7.48. The number of rotatable bonds is 6. The highest BCUT2D eigenvalue weighted by atomic mass is 32.2. The highest BCUT2D eigenvalue weighted by molar-refractivity contribution is 7.91. The molecule has 1 aliphatic rings. The highest BCUT2D eigenvalue weighted by Gasteiger charge is 2.40. The molecule has 0 spiro atoms. The topological polar surface area (TPSA) is 55.4 Å². The maximum atomic E-state index is 11.9. The van der Waals surface area contributed by atoms with Crippen molar-refractivity contribution in [3.63, 3.8) is 0 Å². The van der Waals surface area contributed by atoms with Gasteiger partial charge in [-0.1, -0.05) is 34.1 Å². The largest absolute Gasteiger partial charge is 0.379 e. The van der Waals surface area contributed by atoms with Crippen LogP contribution >= 0.6 is 0 Å². The van der Waals surface area contributed by atoms with Gasteiger partial charge in [-0.15, -0.1) is 0 Å². The summed E-state index contributed by atoms with van der Waals surface area (Å²) in [5.41, 5.74) is 0.0274. The summed E-state index contributed by atoms with van der Waals surface area (Å²) < 4.78 is 29.6. The molecule has 1 fully saturated rings. The Morgan fingerprint density at radius 1 is 1.29 bits per heavy atom. The van der Waals surface area contributed by atoms with Gasteiger partial charge in [0.1, 0.15) is 9.84 Å². The third-order valence-corrected chi connectivity index (χ3v) is 6.29. The van der Waals surface area contributed by atoms with Crippen molar-refractivity contribution in [2.75, 3.05) is 19.9 Å². The zero-order chi connectivity index (χ0) is 16.3. The van der Waals surface area contributed by atoms with E-state index in [2.05, 4.69) is 33.0 Å². The number of hydrogen-bond acceptors (Lipinski definition) is 4. The van der Waals surface area contributed by atoms with Gasteiger partial charge in [0.15, 0.2) is 0 Å². The van der Waals surface area contributed by atoms with Gasteiger partial charge in [-0.2, -0.15) is 0 Å². The summed E-state index contributed by atoms with van der Waals surface area (Å²) in [7, 11) is -1.18. The van der Waals surface area contributed by atoms with Crippen LogP contribution in [-0.2, 0) is 14.6 Å². The van der Waals surface area contributed by atoms with E-state index in [1.54, 1.807) is 7.11 Å². The number of methoxy groups -OCH3 is 1. The molecule has 5 heteroatoms. The predicted molar refractivity (Wildman–Crippen MR) is 88.3 cm³/mol. The van der Waals surface area contributed by atoms with Crippen molar-refractivity contribution >= 4 is 9.84 Å². The Kier molecular flexibility index (Phi) is 6.69. The van der Waals surface area contributed by atoms with Crippen LogP contribution in [0.25, 0.3) is 0 Å². The van der Waals surface area contributed by atoms with Gasteiger partial charge in [-0.05, 0) is 37.1 Å². The van der Waals surface area contributed by atoms with Gasteiger partial charge in [0.25, 0.3) is 0 Å². The average Bonchev–Trinajstić information content (AvgIpc) is 2.36. The summed E-state index contributed by atoms with van der Waals surface area (Å²) in [5, 5.41) is 3.38. The summed E-state index contributed by atoms with van der Waals surface area (Å²) in [6.45, 7) is 9.52. The lowest BCUT2D eigenvalue weighted by Gasteiger charge is -2.42. The molecule has 0 radical (unpaired) electrons. The standard InChI is InChI=1S/C16H33NO3S/c1-7-17-14(15(20-5)16(2,3)4)12-9-8-10-13(11-12)21(6,18)19/h12-15,17H,7-11H2,1-6H3. The van der Waals surface area contributed by atoms with Gasteiger partial charge in [0.2, 0.25) is 0 Å². The number of likely N-dealkylation sites (N-methyl/N-ethyl adjacent to an activating group) is 1. The number of nitrogens with one attached hydrogen (secondary N) is 1. The van der Waals surface area contributed by atoms with Crippen LogP contribution < -0.4 is 5.32 Å². The highest BCUT2D eigenvalue weighted by Crippen LogP contribution is 2.36. The molecule has 4 atom stereocenters. The molecule has 0 heterocycles. The van der Waals surface area contributed by atoms with Crippen molar-refractivity contribution < 1.29 is 13.2 Å². The summed E-state index contributed by atoms with van der Waals surface area (Å²) in [6, 6.07) is 0.213. The van der Waals surface area contributed by atoms with E-state index >= 15 is 0 Å². The van der Waals surface area contributed by atoms with Crippen LogP contribution in [0.1, 0.15) is 53.4 Å². The molecule has 1 rings (SSSR count). The lowest BCUT2D eigenvalue weighted by atomic mass is 9.74. The lowest BCUT2D eigenvalue weighted by molar-refractivity contribution is -0.0303. The Labute approximate surface area is 130 Å². The average molecular weight is 320 g/mol. The molecule has 0 aromatic carbocycles. The van der Waals surface area contributed by atoms with E-state index in [1.165, 1.54) is 6.26 Å². The number of sulfone groups is 1. The van der Waals surface area contributed by atoms with Crippen LogP contribution in [0.2, 0.25) is 0 Å². The molecule has 0 aromatic heterocycles. The molecule has 21 heavy (non-hydrogen) atoms. The van der Waals surface area contributed by atoms with Crippen LogP contribution in [0.15, 0.2) is 0 Å². The SMILES string of the molecule is CCNC(C1CCCC(S(C)(=O)=O)C1)C(OC)C(C)(C)C. The fourth-order valence-electron chi connectivity index (χ4n) is 3.69. The predicted octanol–water partition coefficient (Wildman–Crippen LogP) is 2.63. The third kappa shape index (κ3) is 5.22. The normalized spacial score (nSPS) is 27.3. The summed E-state index contributed by atoms with van der Waals surface area (Å²) in [6.07, 6.45) is 5.10. The number of hydrogen-bond donors (Lipinski definition) is 1. The van der Waals surface area contributed by atoms with Crippen molar-refractivity contribution in [3.05, 3.63) is 0 Å². The molecule has 1 aliphatic carbocycles. The van der Waals surface area contributed by atoms with E-state index in [1.807, 2.05) is 0 Å². The fourth-order valence-corrected chi connectivity index (χ4v) is 4.88. The van der Waals surface area contributed by atoms with Crippen molar-refractivity contribution in [1.82, 2.24) is 5.32 Å². The first-order chi connectivity index (χ1) is 9.61. The molecule has 0 saturated heterocycles. The molecule has 4 nitrogen and oxygen atoms in total. The van der Waals surface area contributed by atoms with E-state index < -0.39 is 9.84 Å². The van der Waals surface area contributed by atoms with Crippen LogP contribution in [0.4, 0.5) is 0 Å². The summed E-state index contributed by atoms with van der Waals surface area (Å²) in [5.74, 6) is 0.364. The van der Waals surface area contributed by atoms with Crippen molar-refractivity contribution in [2.45, 2.75) is 70.8 Å². The van der Waals surface area contributed by atoms with Gasteiger partial charge >= 0.3 is 0 Å². The maximum absolute atomic E-state index is 11.9. The van der Waals surface area contributed by atoms with Crippen LogP contribution in [0.5, 0.6) is 0 Å². The Hall–Kier alpha value is -0.130. The smallest absolute Gasteiger partial charge is 0.150 e. The van der Waals surface area contributed by atoms with Gasteiger partial charge < -0.3 is 10.1 Å². The second kappa shape index (κ2) is 7.42. The van der Waals surface area contributed by atoms with Crippen LogP contribution in [0.3, 0.4) is 0 Å². The zero-order valence-electron chi connectivity index (χ0n) is 14.5. The van der Waals surface area contributed by atoms with E-state index in [4.69, 9.17) is 4.74 Å². The minimum absolute atomic E-state index is 0.0274. The second-order valence-corrected chi connectivity index (χ2v) is 9.81. The van der Waals surface area contributed by atoms with Crippen molar-refractivity contribution in [2.24, 2.45) is 11.3 Å². The van der Waals surface area contributed by atoms with Gasteiger partial charge in [0, 0.05) is 19.4 Å². The first-order valence-corrected chi connectivity index (χ1v) is 10.0. The molecular formula is C16H33NO3S. The zero-order valence-corrected chi connectivity index (χ0v) is 15.3. The first-order valence-electron chi connectivity index (χ1n) is 8.06. The third-order valence-electron chi connectivity index (χ3n) is 4.65. The van der Waals surface area contributed by atoms with E-state index in [0.29, 0.717) is 5.92 Å². The van der Waals surface area contributed by atoms with Gasteiger partial charge in [-0.3, -0.25) is 0 Å². The molecule has 0 bridgehead atoms. The Bertz CT molecular complexity index is 414. The Morgan fingerprint density at radius 2 is 1.90 bits per heavy atom. The van der Waals surface area contributed by atoms with Crippen LogP contribution in [0, 0.1) is 11.3 Å². The maximum Gasteiger partial charge on any atom is 0.150 e. The lowest BCUT2D eigenvalue weighted by Crippen LogP contribution is -2.53. The molecule has 4 unspecified atom stereocenters. The number of ether oxygens (including phenoxy) is 1. The van der Waals surface area contributed by atoms with Crippen molar-refractivity contribution in [3.8, 4) is 0 Å². The quantitative estimate of drug-likeness (QED) is 0.818. The molecule has 0 aromatic rings. The van der Waals surface area contributed by atoms with Gasteiger partial charge in [-0.25, -0.2) is 8.42 Å². The van der Waals surface area contributed by atoms with Crippen molar-refractivity contribution in [1.29, 1.82) is 0 Å². The summed E-state index contributed by atoms with van der Waals surface area (Å²) in [4.78, 5) is 0. The van der Waals surface area contributed by atoms with E-state index in [9.17, 15) is 8.42 Å². The van der Waals surface area contributed by atoms with E-state index in [-0.39, 0.29) is 22.8 Å². The molecular weight excluding hydrogens is 286 g/mol. The minimum Gasteiger partial charge on any atom is -0.379 e. The van der Waals surface area contributed by atoms with Crippen LogP contribution in [-0.4, -0.2) is 45.7 Å². The van der Waals surface area contributed by atoms with E-state index in [0.717, 1.165) is 32.2 Å². The summed E-state index contributed by atoms with van der Waals surface area (Å²) >= 11 is 0. The Morgan fingerprint density at radius 3 is 2.33 bits per heavy atom. The van der Waals surface area contributed by atoms with Gasteiger partial charge in [0.05, 0.1) is 11.4 Å². The monoisotopic (exact) mass is 319 g/mol. The Balaban J connectivity index is 2.94. The molecule has 1 saturated carbocycles. The molecule has 1 N–H and O–H groups in total.